The van der Waals surface area contributed by atoms with Gasteiger partial charge in [-0.1, -0.05) is 0 Å². The van der Waals surface area contributed by atoms with Crippen LogP contribution in [0.1, 0.15) is 27.7 Å². The van der Waals surface area contributed by atoms with Crippen LogP contribution in [0.15, 0.2) is 0 Å². The third kappa shape index (κ3) is 81.7. The Kier molecular flexibility index (Phi) is 28.6. The van der Waals surface area contributed by atoms with Crippen LogP contribution in [0.25, 0.3) is 0 Å². The second-order valence-electron chi connectivity index (χ2n) is 1.98. The molecule has 0 atom stereocenters. The van der Waals surface area contributed by atoms with E-state index in [-0.39, 0.29) is 0 Å². The minimum absolute atomic E-state index is 1.32. The molecule has 0 aromatic rings. The second kappa shape index (κ2) is 18.9. The first kappa shape index (κ1) is 22.7. The van der Waals surface area contributed by atoms with Crippen molar-refractivity contribution >= 4 is 61.2 Å². The van der Waals surface area contributed by atoms with Crippen LogP contribution in [0.4, 0.5) is 0 Å². The molecule has 7 heteroatoms. The van der Waals surface area contributed by atoms with Crippen LogP contribution >= 0.6 is 37.7 Å². The molecule has 0 radical (unpaired) electrons. The molecule has 0 nitrogen and oxygen atoms in total. The Balaban J connectivity index is -0.000000144. The van der Waals surface area contributed by atoms with Gasteiger partial charge in [-0.05, 0) is 51.2 Å². The summed E-state index contributed by atoms with van der Waals surface area (Å²) in [6, 6.07) is 0. The Hall–Kier alpha value is 2.55. The summed E-state index contributed by atoms with van der Waals surface area (Å²) in [5.41, 5.74) is 0. The average molecular weight is 519 g/mol. The first-order chi connectivity index (χ1) is 6.83. The van der Waals surface area contributed by atoms with Crippen LogP contribution in [0, 0.1) is 0 Å². The number of hydrogen-bond acceptors (Lipinski definition) is 0. The normalized spacial score (nSPS) is 10.7. The molecule has 0 N–H and O–H groups in total. The number of hydrogen-bond donors (Lipinski definition) is 0. The maximum atomic E-state index is 5.01. The zero-order chi connectivity index (χ0) is 12.7. The average Bonchev–Trinajstić information content (AvgIpc) is 2.05. The van der Waals surface area contributed by atoms with Gasteiger partial charge in [-0.15, -0.1) is 0 Å². The summed E-state index contributed by atoms with van der Waals surface area (Å²) in [6.45, 7) is 8.80. The molecule has 0 aliphatic rings. The fourth-order valence-electron chi connectivity index (χ4n) is 0.447. The zero-order valence-corrected chi connectivity index (χ0v) is 16.6. The van der Waals surface area contributed by atoms with Gasteiger partial charge in [0.15, 0.2) is 0 Å². The fourth-order valence-corrected chi connectivity index (χ4v) is 1.34. The standard InChI is InChI=1S/2C4H10S.4ClH.Pt/c2*1-3-5-4-2;;;;;/h2*3-4H2,1-2H3;4*1H;/q;;;;;;+4/p-2. The zero-order valence-electron chi connectivity index (χ0n) is 9.55. The molecule has 0 fully saturated rings. The van der Waals surface area contributed by atoms with Crippen LogP contribution in [0.3, 0.4) is 0 Å². The summed E-state index contributed by atoms with van der Waals surface area (Å²) in [5, 5.41) is 0. The van der Waals surface area contributed by atoms with E-state index in [1.54, 1.807) is 23.5 Å². The van der Waals surface area contributed by atoms with Crippen molar-refractivity contribution in [3.05, 3.63) is 0 Å². The molecule has 0 unspecified atom stereocenters. The van der Waals surface area contributed by atoms with E-state index in [0.717, 1.165) is 0 Å². The van der Waals surface area contributed by atoms with Crippen molar-refractivity contribution in [3.8, 4) is 0 Å². The summed E-state index contributed by atoms with van der Waals surface area (Å²) in [7, 11) is 20.0. The first-order valence-corrected chi connectivity index (χ1v) is 18.4. The molecule has 0 aromatic heterocycles. The van der Waals surface area contributed by atoms with Crippen molar-refractivity contribution < 1.29 is 11.9 Å². The van der Waals surface area contributed by atoms with E-state index in [2.05, 4.69) is 27.7 Å². The molecule has 0 bridgehead atoms. The van der Waals surface area contributed by atoms with Crippen molar-refractivity contribution in [1.82, 2.24) is 0 Å². The topological polar surface area (TPSA) is 0 Å². The molecule has 0 rings (SSSR count). The van der Waals surface area contributed by atoms with Crippen LogP contribution < -0.4 is 0 Å². The van der Waals surface area contributed by atoms with Gasteiger partial charge in [-0.25, -0.2) is 0 Å². The number of thiol groups is 2. The number of rotatable bonds is 4. The maximum absolute atomic E-state index is 5.01. The van der Waals surface area contributed by atoms with Gasteiger partial charge < -0.3 is 0 Å². The Morgan fingerprint density at radius 3 is 0.800 bits per heavy atom. The SMILES string of the molecule is CC[SH+]CC.CC[SH+]CC.[Cl][Pt]([Cl])([Cl])[Cl]. The van der Waals surface area contributed by atoms with Gasteiger partial charge in [0.1, 0.15) is 23.0 Å². The third-order valence-corrected chi connectivity index (χ3v) is 2.68. The van der Waals surface area contributed by atoms with Crippen molar-refractivity contribution in [2.45, 2.75) is 27.7 Å². The van der Waals surface area contributed by atoms with Crippen LogP contribution in [0.5, 0.6) is 0 Å². The summed E-state index contributed by atoms with van der Waals surface area (Å²) in [5.74, 6) is 5.26. The molecular formula is C8H22Cl4PtS2+2. The molecule has 102 valence electrons. The van der Waals surface area contributed by atoms with Gasteiger partial charge in [-0.3, -0.25) is 0 Å². The van der Waals surface area contributed by atoms with Gasteiger partial charge >= 0.3 is 49.6 Å². The van der Waals surface area contributed by atoms with E-state index in [0.29, 0.717) is 0 Å². The monoisotopic (exact) mass is 517 g/mol. The predicted octanol–water partition coefficient (Wildman–Crippen LogP) is 4.44. The summed E-state index contributed by atoms with van der Waals surface area (Å²) >= 11 is 0.105. The van der Waals surface area contributed by atoms with Crippen molar-refractivity contribution in [2.75, 3.05) is 23.0 Å². The summed E-state index contributed by atoms with van der Waals surface area (Å²) in [4.78, 5) is 0. The molecule has 0 aromatic carbocycles. The van der Waals surface area contributed by atoms with Crippen LogP contribution in [-0.2, 0) is 35.4 Å². The number of halogens is 4. The van der Waals surface area contributed by atoms with E-state index < -0.39 is 11.9 Å². The Bertz CT molecular complexity index is 85.1. The van der Waals surface area contributed by atoms with Gasteiger partial charge in [-0.2, -0.15) is 0 Å². The van der Waals surface area contributed by atoms with E-state index in [1.807, 2.05) is 0 Å². The molecule has 0 amide bonds. The fraction of sp³-hybridized carbons (Fsp3) is 1.00. The molecule has 0 spiro atoms. The second-order valence-corrected chi connectivity index (χ2v) is 25.1. The minimum atomic E-state index is -3.06. The molecule has 0 saturated carbocycles. The molecule has 0 aliphatic carbocycles. The Labute approximate surface area is 122 Å². The van der Waals surface area contributed by atoms with E-state index in [1.165, 1.54) is 23.0 Å². The Morgan fingerprint density at radius 1 is 0.667 bits per heavy atom. The van der Waals surface area contributed by atoms with Crippen molar-refractivity contribution in [3.63, 3.8) is 0 Å². The van der Waals surface area contributed by atoms with Crippen molar-refractivity contribution in [2.24, 2.45) is 0 Å². The Morgan fingerprint density at radius 2 is 0.800 bits per heavy atom. The van der Waals surface area contributed by atoms with E-state index in [9.17, 15) is 0 Å². The van der Waals surface area contributed by atoms with Gasteiger partial charge in [0, 0.05) is 0 Å². The van der Waals surface area contributed by atoms with E-state index >= 15 is 0 Å². The van der Waals surface area contributed by atoms with Gasteiger partial charge in [0.2, 0.25) is 0 Å². The predicted molar refractivity (Wildman–Crippen MR) is 83.1 cm³/mol. The van der Waals surface area contributed by atoms with E-state index in [4.69, 9.17) is 37.7 Å². The quantitative estimate of drug-likeness (QED) is 0.381. The van der Waals surface area contributed by atoms with Crippen LogP contribution in [0.2, 0.25) is 0 Å². The first-order valence-electron chi connectivity index (χ1n) is 4.57. The summed E-state index contributed by atoms with van der Waals surface area (Å²) < 4.78 is 0. The van der Waals surface area contributed by atoms with Crippen LogP contribution in [-0.4, -0.2) is 23.0 Å². The van der Waals surface area contributed by atoms with Crippen molar-refractivity contribution in [1.29, 1.82) is 0 Å². The summed E-state index contributed by atoms with van der Waals surface area (Å²) in [6.07, 6.45) is 0. The third-order valence-electron chi connectivity index (χ3n) is 0.894. The molecular weight excluding hydrogens is 497 g/mol. The molecule has 0 aliphatic heterocycles. The molecule has 15 heavy (non-hydrogen) atoms. The molecule has 0 heterocycles. The van der Waals surface area contributed by atoms with Gasteiger partial charge in [0.05, 0.1) is 0 Å². The molecule has 0 saturated heterocycles. The van der Waals surface area contributed by atoms with Gasteiger partial charge in [0.25, 0.3) is 0 Å².